The quantitative estimate of drug-likeness (QED) is 0.771. The number of aromatic nitrogens is 2. The molecule has 0 bridgehead atoms. The van der Waals surface area contributed by atoms with Crippen LogP contribution < -0.4 is 5.32 Å². The molecule has 0 aliphatic heterocycles. The lowest BCUT2D eigenvalue weighted by Crippen LogP contribution is -2.29. The van der Waals surface area contributed by atoms with Crippen LogP contribution >= 0.6 is 0 Å². The Balaban J connectivity index is 2.76. The Kier molecular flexibility index (Phi) is 6.83. The summed E-state index contributed by atoms with van der Waals surface area (Å²) >= 11 is 0. The molecule has 0 amide bonds. The van der Waals surface area contributed by atoms with Crippen LogP contribution in [-0.2, 0) is 4.74 Å². The van der Waals surface area contributed by atoms with E-state index in [2.05, 4.69) is 29.1 Å². The molecule has 0 radical (unpaired) electrons. The molecule has 0 aliphatic rings. The second-order valence-corrected chi connectivity index (χ2v) is 4.72. The largest absolute Gasteiger partial charge is 0.385 e. The van der Waals surface area contributed by atoms with Gasteiger partial charge in [0.1, 0.15) is 5.82 Å². The summed E-state index contributed by atoms with van der Waals surface area (Å²) in [6, 6.07) is 2.28. The van der Waals surface area contributed by atoms with E-state index in [1.165, 1.54) is 0 Å². The SMILES string of the molecule is CCCNC(c1ccnc(C)n1)C(C)CCOC. The van der Waals surface area contributed by atoms with Crippen LogP contribution in [0.5, 0.6) is 0 Å². The van der Waals surface area contributed by atoms with Crippen molar-refractivity contribution in [3.8, 4) is 0 Å². The summed E-state index contributed by atoms with van der Waals surface area (Å²) in [6.45, 7) is 8.14. The Bertz CT molecular complexity index is 344. The molecule has 1 aromatic heterocycles. The first-order valence-electron chi connectivity index (χ1n) is 6.70. The lowest BCUT2D eigenvalue weighted by Gasteiger charge is -2.24. The third-order valence-corrected chi connectivity index (χ3v) is 3.08. The standard InChI is InChI=1S/C14H25N3O/c1-5-8-16-14(11(2)7-10-18-4)13-6-9-15-12(3)17-13/h6,9,11,14,16H,5,7-8,10H2,1-4H3. The molecule has 0 aliphatic carbocycles. The van der Waals surface area contributed by atoms with E-state index < -0.39 is 0 Å². The lowest BCUT2D eigenvalue weighted by molar-refractivity contribution is 0.169. The topological polar surface area (TPSA) is 47.0 Å². The molecule has 1 rings (SSSR count). The van der Waals surface area contributed by atoms with Gasteiger partial charge in [0, 0.05) is 19.9 Å². The van der Waals surface area contributed by atoms with Gasteiger partial charge in [-0.3, -0.25) is 0 Å². The molecule has 102 valence electrons. The van der Waals surface area contributed by atoms with E-state index in [1.807, 2.05) is 19.2 Å². The van der Waals surface area contributed by atoms with Gasteiger partial charge < -0.3 is 10.1 Å². The Morgan fingerprint density at radius 3 is 2.83 bits per heavy atom. The van der Waals surface area contributed by atoms with Crippen LogP contribution in [0.15, 0.2) is 12.3 Å². The van der Waals surface area contributed by atoms with E-state index in [-0.39, 0.29) is 6.04 Å². The molecule has 0 fully saturated rings. The maximum Gasteiger partial charge on any atom is 0.125 e. The van der Waals surface area contributed by atoms with Gasteiger partial charge in [0.15, 0.2) is 0 Å². The Hall–Kier alpha value is -1.00. The van der Waals surface area contributed by atoms with Crippen LogP contribution in [-0.4, -0.2) is 30.2 Å². The number of aryl methyl sites for hydroxylation is 1. The highest BCUT2D eigenvalue weighted by atomic mass is 16.5. The fourth-order valence-electron chi connectivity index (χ4n) is 2.02. The molecule has 0 aromatic carbocycles. The summed E-state index contributed by atoms with van der Waals surface area (Å²) < 4.78 is 5.17. The van der Waals surface area contributed by atoms with Crippen molar-refractivity contribution in [1.29, 1.82) is 0 Å². The van der Waals surface area contributed by atoms with Crippen molar-refractivity contribution in [1.82, 2.24) is 15.3 Å². The highest BCUT2D eigenvalue weighted by molar-refractivity contribution is 5.08. The normalized spacial score (nSPS) is 14.4. The third kappa shape index (κ3) is 4.70. The summed E-state index contributed by atoms with van der Waals surface area (Å²) in [5.74, 6) is 1.32. The van der Waals surface area contributed by atoms with Crippen LogP contribution in [0.2, 0.25) is 0 Å². The van der Waals surface area contributed by atoms with Gasteiger partial charge in [0.2, 0.25) is 0 Å². The lowest BCUT2D eigenvalue weighted by atomic mass is 9.95. The molecule has 1 aromatic rings. The summed E-state index contributed by atoms with van der Waals surface area (Å²) in [7, 11) is 1.75. The second kappa shape index (κ2) is 8.16. The highest BCUT2D eigenvalue weighted by Crippen LogP contribution is 2.23. The monoisotopic (exact) mass is 251 g/mol. The van der Waals surface area contributed by atoms with E-state index in [1.54, 1.807) is 7.11 Å². The Labute approximate surface area is 110 Å². The predicted octanol–water partition coefficient (Wildman–Crippen LogP) is 2.50. The molecule has 0 saturated heterocycles. The fourth-order valence-corrected chi connectivity index (χ4v) is 2.02. The average Bonchev–Trinajstić information content (AvgIpc) is 2.37. The van der Waals surface area contributed by atoms with Gasteiger partial charge in [-0.05, 0) is 38.3 Å². The van der Waals surface area contributed by atoms with Crippen molar-refractivity contribution in [2.24, 2.45) is 5.92 Å². The first-order chi connectivity index (χ1) is 8.69. The van der Waals surface area contributed by atoms with Crippen molar-refractivity contribution in [2.75, 3.05) is 20.3 Å². The van der Waals surface area contributed by atoms with Crippen LogP contribution in [0.25, 0.3) is 0 Å². The average molecular weight is 251 g/mol. The molecular weight excluding hydrogens is 226 g/mol. The maximum atomic E-state index is 5.17. The smallest absolute Gasteiger partial charge is 0.125 e. The summed E-state index contributed by atoms with van der Waals surface area (Å²) in [4.78, 5) is 8.70. The van der Waals surface area contributed by atoms with E-state index in [0.717, 1.165) is 37.5 Å². The van der Waals surface area contributed by atoms with Crippen molar-refractivity contribution >= 4 is 0 Å². The summed E-state index contributed by atoms with van der Waals surface area (Å²) in [6.07, 6.45) is 3.99. The minimum absolute atomic E-state index is 0.279. The zero-order valence-electron chi connectivity index (χ0n) is 11.9. The van der Waals surface area contributed by atoms with Gasteiger partial charge in [0.05, 0.1) is 11.7 Å². The molecule has 1 heterocycles. The van der Waals surface area contributed by atoms with Crippen molar-refractivity contribution in [2.45, 2.75) is 39.7 Å². The zero-order chi connectivity index (χ0) is 13.4. The second-order valence-electron chi connectivity index (χ2n) is 4.72. The minimum Gasteiger partial charge on any atom is -0.385 e. The van der Waals surface area contributed by atoms with Gasteiger partial charge in [-0.2, -0.15) is 0 Å². The molecule has 2 unspecified atom stereocenters. The number of nitrogens with one attached hydrogen (secondary N) is 1. The van der Waals surface area contributed by atoms with Crippen molar-refractivity contribution < 1.29 is 4.74 Å². The van der Waals surface area contributed by atoms with Gasteiger partial charge in [0.25, 0.3) is 0 Å². The fraction of sp³-hybridized carbons (Fsp3) is 0.714. The van der Waals surface area contributed by atoms with E-state index in [9.17, 15) is 0 Å². The van der Waals surface area contributed by atoms with Crippen molar-refractivity contribution in [3.05, 3.63) is 23.8 Å². The van der Waals surface area contributed by atoms with Crippen molar-refractivity contribution in [3.63, 3.8) is 0 Å². The number of methoxy groups -OCH3 is 1. The van der Waals surface area contributed by atoms with Gasteiger partial charge in [-0.1, -0.05) is 13.8 Å². The zero-order valence-corrected chi connectivity index (χ0v) is 11.9. The van der Waals surface area contributed by atoms with Gasteiger partial charge in [-0.15, -0.1) is 0 Å². The number of hydrogen-bond acceptors (Lipinski definition) is 4. The highest BCUT2D eigenvalue weighted by Gasteiger charge is 2.19. The molecule has 4 nitrogen and oxygen atoms in total. The maximum absolute atomic E-state index is 5.17. The van der Waals surface area contributed by atoms with E-state index in [0.29, 0.717) is 5.92 Å². The van der Waals surface area contributed by atoms with Crippen LogP contribution in [0.4, 0.5) is 0 Å². The Morgan fingerprint density at radius 1 is 1.44 bits per heavy atom. The molecule has 0 spiro atoms. The minimum atomic E-state index is 0.279. The first-order valence-corrected chi connectivity index (χ1v) is 6.70. The van der Waals surface area contributed by atoms with Crippen LogP contribution in [0.1, 0.15) is 44.2 Å². The number of ether oxygens (including phenoxy) is 1. The molecule has 2 atom stereocenters. The summed E-state index contributed by atoms with van der Waals surface area (Å²) in [5.41, 5.74) is 1.08. The Morgan fingerprint density at radius 2 is 2.22 bits per heavy atom. The van der Waals surface area contributed by atoms with Gasteiger partial charge in [-0.25, -0.2) is 9.97 Å². The number of nitrogens with zero attached hydrogens (tertiary/aromatic N) is 2. The predicted molar refractivity (Wildman–Crippen MR) is 73.5 cm³/mol. The molecule has 18 heavy (non-hydrogen) atoms. The first kappa shape index (κ1) is 15.1. The van der Waals surface area contributed by atoms with Crippen LogP contribution in [0.3, 0.4) is 0 Å². The number of rotatable bonds is 8. The summed E-state index contributed by atoms with van der Waals surface area (Å²) in [5, 5.41) is 3.58. The molecule has 4 heteroatoms. The van der Waals surface area contributed by atoms with E-state index in [4.69, 9.17) is 4.74 Å². The molecule has 0 saturated carbocycles. The molecule has 1 N–H and O–H groups in total. The number of hydrogen-bond donors (Lipinski definition) is 1. The third-order valence-electron chi connectivity index (χ3n) is 3.08. The molecular formula is C14H25N3O. The van der Waals surface area contributed by atoms with Crippen LogP contribution in [0, 0.1) is 12.8 Å². The van der Waals surface area contributed by atoms with E-state index >= 15 is 0 Å². The van der Waals surface area contributed by atoms with Gasteiger partial charge >= 0.3 is 0 Å².